The molecule has 6 nitrogen and oxygen atoms in total. The fraction of sp³-hybridized carbons (Fsp3) is 0.600. The number of rotatable bonds is 3. The Bertz CT molecular complexity index is 572. The van der Waals surface area contributed by atoms with Crippen molar-refractivity contribution in [2.45, 2.75) is 12.8 Å². The maximum atomic E-state index is 12.1. The summed E-state index contributed by atoms with van der Waals surface area (Å²) in [7, 11) is -3.23. The van der Waals surface area contributed by atoms with E-state index in [1.165, 1.54) is 21.9 Å². The molecule has 1 aliphatic rings. The molecule has 1 amide bonds. The quantitative estimate of drug-likeness (QED) is 0.877. The number of thiazole rings is 1. The number of amides is 1. The Kier molecular flexibility index (Phi) is 4.59. The molecule has 19 heavy (non-hydrogen) atoms. The second-order valence-electron chi connectivity index (χ2n) is 4.42. The van der Waals surface area contributed by atoms with Gasteiger partial charge in [-0.1, -0.05) is 11.3 Å². The summed E-state index contributed by atoms with van der Waals surface area (Å²) in [6.45, 7) is 0.739. The lowest BCUT2D eigenvalue weighted by molar-refractivity contribution is -0.120. The molecule has 0 aromatic carbocycles. The van der Waals surface area contributed by atoms with Gasteiger partial charge in [0.2, 0.25) is 15.9 Å². The van der Waals surface area contributed by atoms with E-state index in [1.807, 2.05) is 0 Å². The van der Waals surface area contributed by atoms with E-state index in [4.69, 9.17) is 0 Å². The van der Waals surface area contributed by atoms with Crippen molar-refractivity contribution < 1.29 is 13.2 Å². The number of sulfonamides is 1. The Balaban J connectivity index is 1.99. The molecule has 1 fully saturated rings. The highest BCUT2D eigenvalue weighted by Crippen LogP contribution is 2.25. The molecule has 0 saturated carbocycles. The van der Waals surface area contributed by atoms with Gasteiger partial charge in [0.1, 0.15) is 0 Å². The Labute approximate surface area is 124 Å². The predicted molar refractivity (Wildman–Crippen MR) is 77.6 cm³/mol. The number of carbonyl (C=O) groups is 1. The van der Waals surface area contributed by atoms with Crippen LogP contribution >= 0.6 is 27.3 Å². The first-order chi connectivity index (χ1) is 8.86. The first kappa shape index (κ1) is 14.9. The Morgan fingerprint density at radius 3 is 2.95 bits per heavy atom. The molecular weight excluding hydrogens is 354 g/mol. The van der Waals surface area contributed by atoms with Crippen molar-refractivity contribution in [3.63, 3.8) is 0 Å². The van der Waals surface area contributed by atoms with E-state index in [9.17, 15) is 13.2 Å². The van der Waals surface area contributed by atoms with Gasteiger partial charge in [0.05, 0.1) is 22.2 Å². The molecule has 0 radical (unpaired) electrons. The maximum Gasteiger partial charge on any atom is 0.230 e. The van der Waals surface area contributed by atoms with Gasteiger partial charge in [-0.15, -0.1) is 0 Å². The zero-order valence-electron chi connectivity index (χ0n) is 10.3. The van der Waals surface area contributed by atoms with Crippen molar-refractivity contribution in [1.82, 2.24) is 9.29 Å². The minimum absolute atomic E-state index is 0.171. The van der Waals surface area contributed by atoms with Crippen LogP contribution in [-0.2, 0) is 14.8 Å². The second-order valence-corrected chi connectivity index (χ2v) is 8.81. The number of anilines is 1. The summed E-state index contributed by atoms with van der Waals surface area (Å²) in [6.07, 6.45) is 4.19. The zero-order valence-corrected chi connectivity index (χ0v) is 13.5. The van der Waals surface area contributed by atoms with Crippen LogP contribution in [0.2, 0.25) is 0 Å². The van der Waals surface area contributed by atoms with E-state index in [-0.39, 0.29) is 18.4 Å². The van der Waals surface area contributed by atoms with Crippen LogP contribution in [0.5, 0.6) is 0 Å². The molecule has 0 spiro atoms. The van der Waals surface area contributed by atoms with Crippen LogP contribution in [0.4, 0.5) is 5.13 Å². The van der Waals surface area contributed by atoms with Crippen molar-refractivity contribution in [2.24, 2.45) is 5.92 Å². The number of hydrogen-bond donors (Lipinski definition) is 1. The van der Waals surface area contributed by atoms with E-state index < -0.39 is 10.0 Å². The minimum atomic E-state index is -3.23. The fourth-order valence-corrected chi connectivity index (χ4v) is 4.00. The first-order valence-corrected chi connectivity index (χ1v) is 9.19. The third kappa shape index (κ3) is 3.98. The average Bonchev–Trinajstić information content (AvgIpc) is 2.74. The molecule has 106 valence electrons. The zero-order chi connectivity index (χ0) is 14.0. The minimum Gasteiger partial charge on any atom is -0.302 e. The third-order valence-electron chi connectivity index (χ3n) is 2.93. The van der Waals surface area contributed by atoms with E-state index in [2.05, 4.69) is 26.2 Å². The summed E-state index contributed by atoms with van der Waals surface area (Å²) >= 11 is 4.60. The lowest BCUT2D eigenvalue weighted by Gasteiger charge is -2.29. The topological polar surface area (TPSA) is 79.4 Å². The molecule has 0 bridgehead atoms. The number of halogens is 1. The molecule has 9 heteroatoms. The normalized spacial score (nSPS) is 21.3. The number of nitrogens with zero attached hydrogens (tertiary/aromatic N) is 2. The van der Waals surface area contributed by atoms with Gasteiger partial charge in [-0.25, -0.2) is 17.7 Å². The van der Waals surface area contributed by atoms with Crippen molar-refractivity contribution in [3.05, 3.63) is 9.98 Å². The molecule has 2 heterocycles. The van der Waals surface area contributed by atoms with Crippen LogP contribution in [0, 0.1) is 5.92 Å². The highest BCUT2D eigenvalue weighted by Gasteiger charge is 2.30. The predicted octanol–water partition coefficient (Wildman–Crippen LogP) is 1.52. The summed E-state index contributed by atoms with van der Waals surface area (Å²) in [4.78, 5) is 16.1. The van der Waals surface area contributed by atoms with Gasteiger partial charge in [0.25, 0.3) is 0 Å². The van der Waals surface area contributed by atoms with Gasteiger partial charge in [-0.05, 0) is 28.8 Å². The van der Waals surface area contributed by atoms with Crippen molar-refractivity contribution >= 4 is 48.3 Å². The summed E-state index contributed by atoms with van der Waals surface area (Å²) in [5, 5.41) is 3.24. The number of aromatic nitrogens is 1. The van der Waals surface area contributed by atoms with E-state index in [0.29, 0.717) is 24.5 Å². The molecule has 1 aromatic heterocycles. The van der Waals surface area contributed by atoms with Crippen LogP contribution in [0.1, 0.15) is 12.8 Å². The second kappa shape index (κ2) is 5.86. The third-order valence-corrected chi connectivity index (χ3v) is 5.59. The average molecular weight is 368 g/mol. The summed E-state index contributed by atoms with van der Waals surface area (Å²) in [6, 6.07) is 0. The smallest absolute Gasteiger partial charge is 0.230 e. The van der Waals surface area contributed by atoms with Gasteiger partial charge in [-0.3, -0.25) is 4.79 Å². The molecule has 1 N–H and O–H groups in total. The van der Waals surface area contributed by atoms with Crippen LogP contribution in [0.15, 0.2) is 9.98 Å². The highest BCUT2D eigenvalue weighted by atomic mass is 79.9. The van der Waals surface area contributed by atoms with Gasteiger partial charge < -0.3 is 5.32 Å². The van der Waals surface area contributed by atoms with E-state index in [1.54, 1.807) is 6.20 Å². The van der Waals surface area contributed by atoms with Crippen molar-refractivity contribution in [3.8, 4) is 0 Å². The summed E-state index contributed by atoms with van der Waals surface area (Å²) < 4.78 is 25.2. The van der Waals surface area contributed by atoms with Crippen LogP contribution < -0.4 is 5.32 Å². The van der Waals surface area contributed by atoms with E-state index in [0.717, 1.165) is 3.79 Å². The summed E-state index contributed by atoms with van der Waals surface area (Å²) in [5.41, 5.74) is 0. The molecule has 1 aromatic rings. The lowest BCUT2D eigenvalue weighted by atomic mass is 9.99. The fourth-order valence-electron chi connectivity index (χ4n) is 1.98. The Hall–Kier alpha value is -0.510. The van der Waals surface area contributed by atoms with Crippen molar-refractivity contribution in [2.75, 3.05) is 24.7 Å². The molecule has 1 saturated heterocycles. The number of hydrogen-bond acceptors (Lipinski definition) is 5. The molecule has 1 aliphatic heterocycles. The summed E-state index contributed by atoms with van der Waals surface area (Å²) in [5.74, 6) is -0.485. The number of carbonyl (C=O) groups excluding carboxylic acids is 1. The van der Waals surface area contributed by atoms with E-state index >= 15 is 0 Å². The largest absolute Gasteiger partial charge is 0.302 e. The van der Waals surface area contributed by atoms with Crippen LogP contribution in [0.3, 0.4) is 0 Å². The van der Waals surface area contributed by atoms with Crippen molar-refractivity contribution in [1.29, 1.82) is 0 Å². The standard InChI is InChI=1S/C10H14BrN3O3S2/c1-19(16,17)14-4-2-3-7(6-14)9(15)13-10-12-5-8(11)18-10/h5,7H,2-4,6H2,1H3,(H,12,13,15). The highest BCUT2D eigenvalue weighted by molar-refractivity contribution is 9.11. The molecule has 0 aliphatic carbocycles. The molecule has 2 rings (SSSR count). The molecule has 1 atom stereocenters. The lowest BCUT2D eigenvalue weighted by Crippen LogP contribution is -2.43. The van der Waals surface area contributed by atoms with Crippen LogP contribution in [0.25, 0.3) is 0 Å². The van der Waals surface area contributed by atoms with Gasteiger partial charge in [0, 0.05) is 13.1 Å². The molecule has 1 unspecified atom stereocenters. The van der Waals surface area contributed by atoms with Gasteiger partial charge in [0.15, 0.2) is 5.13 Å². The van der Waals surface area contributed by atoms with Gasteiger partial charge >= 0.3 is 0 Å². The maximum absolute atomic E-state index is 12.1. The molecular formula is C10H14BrN3O3S2. The Morgan fingerprint density at radius 2 is 2.37 bits per heavy atom. The monoisotopic (exact) mass is 367 g/mol. The number of piperidine rings is 1. The number of nitrogens with one attached hydrogen (secondary N) is 1. The Morgan fingerprint density at radius 1 is 1.63 bits per heavy atom. The van der Waals surface area contributed by atoms with Crippen LogP contribution in [-0.4, -0.2) is 43.0 Å². The first-order valence-electron chi connectivity index (χ1n) is 5.73. The van der Waals surface area contributed by atoms with Gasteiger partial charge in [-0.2, -0.15) is 0 Å². The SMILES string of the molecule is CS(=O)(=O)N1CCCC(C(=O)Nc2ncc(Br)s2)C1.